The van der Waals surface area contributed by atoms with Crippen LogP contribution in [-0.4, -0.2) is 15.6 Å². The van der Waals surface area contributed by atoms with Gasteiger partial charge in [-0.2, -0.15) is 0 Å². The first-order valence-electron chi connectivity index (χ1n) is 5.16. The fourth-order valence-corrected chi connectivity index (χ4v) is 2.12. The lowest BCUT2D eigenvalue weighted by Gasteiger charge is -2.05. The van der Waals surface area contributed by atoms with E-state index in [0.29, 0.717) is 10.6 Å². The zero-order valence-electron chi connectivity index (χ0n) is 9.57. The van der Waals surface area contributed by atoms with Gasteiger partial charge in [-0.3, -0.25) is 0 Å². The van der Waals surface area contributed by atoms with Crippen LogP contribution in [0.3, 0.4) is 0 Å². The van der Waals surface area contributed by atoms with Crippen molar-refractivity contribution in [2.24, 2.45) is 7.05 Å². The highest BCUT2D eigenvalue weighted by atomic mass is 35.5. The Morgan fingerprint density at radius 1 is 1.29 bits per heavy atom. The maximum atomic E-state index is 11.0. The molecule has 0 atom stereocenters. The van der Waals surface area contributed by atoms with Crippen LogP contribution in [0.4, 0.5) is 0 Å². The normalized spacial score (nSPS) is 10.5. The first-order valence-corrected chi connectivity index (χ1v) is 5.53. The third-order valence-electron chi connectivity index (χ3n) is 2.78. The van der Waals surface area contributed by atoms with Crippen molar-refractivity contribution < 1.29 is 9.90 Å². The number of hydrogen-bond acceptors (Lipinski definition) is 1. The second kappa shape index (κ2) is 4.26. The summed E-state index contributed by atoms with van der Waals surface area (Å²) < 4.78 is 1.82. The summed E-state index contributed by atoms with van der Waals surface area (Å²) >= 11 is 5.83. The number of carboxylic acid groups (broad SMARTS) is 1. The van der Waals surface area contributed by atoms with E-state index in [0.717, 1.165) is 16.8 Å². The van der Waals surface area contributed by atoms with Gasteiger partial charge in [-0.05, 0) is 30.2 Å². The van der Waals surface area contributed by atoms with E-state index in [1.54, 1.807) is 18.3 Å². The van der Waals surface area contributed by atoms with Crippen LogP contribution in [0.15, 0.2) is 30.5 Å². The summed E-state index contributed by atoms with van der Waals surface area (Å²) in [6.45, 7) is 1.81. The van der Waals surface area contributed by atoms with Gasteiger partial charge in [0.1, 0.15) is 0 Å². The van der Waals surface area contributed by atoms with Gasteiger partial charge < -0.3 is 9.67 Å². The molecule has 0 aliphatic carbocycles. The van der Waals surface area contributed by atoms with Crippen molar-refractivity contribution in [3.8, 4) is 11.3 Å². The van der Waals surface area contributed by atoms with E-state index < -0.39 is 5.97 Å². The first kappa shape index (κ1) is 11.7. The summed E-state index contributed by atoms with van der Waals surface area (Å²) in [6.07, 6.45) is 1.63. The third-order valence-corrected chi connectivity index (χ3v) is 3.03. The van der Waals surface area contributed by atoms with Crippen molar-refractivity contribution in [3.05, 3.63) is 46.6 Å². The average Bonchev–Trinajstić information content (AvgIpc) is 2.56. The lowest BCUT2D eigenvalue weighted by Crippen LogP contribution is -1.95. The quantitative estimate of drug-likeness (QED) is 0.887. The Balaban J connectivity index is 2.59. The lowest BCUT2D eigenvalue weighted by molar-refractivity contribution is 0.0696. The molecular weight excluding hydrogens is 238 g/mol. The van der Waals surface area contributed by atoms with Crippen molar-refractivity contribution >= 4 is 17.6 Å². The van der Waals surface area contributed by atoms with Crippen molar-refractivity contribution in [1.29, 1.82) is 0 Å². The number of nitrogens with zero attached hydrogens (tertiary/aromatic N) is 1. The zero-order chi connectivity index (χ0) is 12.6. The molecule has 0 amide bonds. The highest BCUT2D eigenvalue weighted by Gasteiger charge is 2.16. The number of hydrogen-bond donors (Lipinski definition) is 1. The second-order valence-electron chi connectivity index (χ2n) is 3.94. The van der Waals surface area contributed by atoms with Crippen LogP contribution in [-0.2, 0) is 7.05 Å². The smallest absolute Gasteiger partial charge is 0.337 e. The van der Waals surface area contributed by atoms with Gasteiger partial charge in [-0.15, -0.1) is 0 Å². The summed E-state index contributed by atoms with van der Waals surface area (Å²) in [4.78, 5) is 11.0. The Morgan fingerprint density at radius 3 is 2.35 bits per heavy atom. The predicted molar refractivity (Wildman–Crippen MR) is 67.6 cm³/mol. The predicted octanol–water partition coefficient (Wildman–Crippen LogP) is 3.35. The molecule has 0 spiro atoms. The minimum atomic E-state index is -0.904. The van der Waals surface area contributed by atoms with Crippen LogP contribution in [0.5, 0.6) is 0 Å². The van der Waals surface area contributed by atoms with Gasteiger partial charge in [-0.1, -0.05) is 23.7 Å². The van der Waals surface area contributed by atoms with Crippen LogP contribution in [0, 0.1) is 6.92 Å². The Bertz CT molecular complexity index is 570. The molecule has 3 nitrogen and oxygen atoms in total. The molecule has 0 saturated heterocycles. The number of carboxylic acids is 1. The monoisotopic (exact) mass is 249 g/mol. The number of aryl methyl sites for hydroxylation is 1. The van der Waals surface area contributed by atoms with Gasteiger partial charge in [0.2, 0.25) is 0 Å². The Hall–Kier alpha value is -1.74. The molecule has 17 heavy (non-hydrogen) atoms. The van der Waals surface area contributed by atoms with Gasteiger partial charge in [0.15, 0.2) is 0 Å². The molecule has 0 unspecified atom stereocenters. The molecule has 4 heteroatoms. The molecule has 0 bridgehead atoms. The van der Waals surface area contributed by atoms with Crippen LogP contribution in [0.25, 0.3) is 11.3 Å². The molecule has 0 aliphatic rings. The third kappa shape index (κ3) is 2.06. The zero-order valence-corrected chi connectivity index (χ0v) is 10.3. The van der Waals surface area contributed by atoms with E-state index in [1.807, 2.05) is 30.7 Å². The summed E-state index contributed by atoms with van der Waals surface area (Å²) in [7, 11) is 1.84. The van der Waals surface area contributed by atoms with Crippen LogP contribution in [0.2, 0.25) is 5.02 Å². The highest BCUT2D eigenvalue weighted by Crippen LogP contribution is 2.28. The lowest BCUT2D eigenvalue weighted by atomic mass is 10.1. The van der Waals surface area contributed by atoms with Crippen LogP contribution in [0.1, 0.15) is 15.9 Å². The van der Waals surface area contributed by atoms with Crippen molar-refractivity contribution in [2.75, 3.05) is 0 Å². The van der Waals surface area contributed by atoms with Gasteiger partial charge in [0.05, 0.1) is 11.3 Å². The number of halogens is 1. The minimum Gasteiger partial charge on any atom is -0.478 e. The van der Waals surface area contributed by atoms with Crippen LogP contribution >= 0.6 is 11.6 Å². The summed E-state index contributed by atoms with van der Waals surface area (Å²) in [5.74, 6) is -0.904. The number of rotatable bonds is 2. The van der Waals surface area contributed by atoms with Crippen molar-refractivity contribution in [1.82, 2.24) is 4.57 Å². The largest absolute Gasteiger partial charge is 0.478 e. The number of aromatic carboxylic acids is 1. The summed E-state index contributed by atoms with van der Waals surface area (Å²) in [5.41, 5.74) is 2.96. The van der Waals surface area contributed by atoms with E-state index in [1.165, 1.54) is 0 Å². The number of carbonyl (C=O) groups is 1. The van der Waals surface area contributed by atoms with Gasteiger partial charge in [0, 0.05) is 18.3 Å². The number of benzene rings is 1. The molecule has 0 saturated carbocycles. The molecule has 1 aromatic heterocycles. The average molecular weight is 250 g/mol. The van der Waals surface area contributed by atoms with E-state index in [2.05, 4.69) is 0 Å². The molecule has 2 aromatic rings. The topological polar surface area (TPSA) is 42.2 Å². The first-order chi connectivity index (χ1) is 8.00. The standard InChI is InChI=1S/C13H12ClNO2/c1-8-11(13(16)17)7-15(2)12(8)9-3-5-10(14)6-4-9/h3-7H,1-2H3,(H,16,17). The Morgan fingerprint density at radius 2 is 1.88 bits per heavy atom. The molecule has 1 heterocycles. The Labute approximate surface area is 104 Å². The molecule has 0 aliphatic heterocycles. The number of aromatic nitrogens is 1. The van der Waals surface area contributed by atoms with Crippen LogP contribution < -0.4 is 0 Å². The molecular formula is C13H12ClNO2. The van der Waals surface area contributed by atoms with Crippen molar-refractivity contribution in [3.63, 3.8) is 0 Å². The highest BCUT2D eigenvalue weighted by molar-refractivity contribution is 6.30. The van der Waals surface area contributed by atoms with E-state index >= 15 is 0 Å². The fraction of sp³-hybridized carbons (Fsp3) is 0.154. The van der Waals surface area contributed by atoms with E-state index in [-0.39, 0.29) is 0 Å². The van der Waals surface area contributed by atoms with Gasteiger partial charge in [-0.25, -0.2) is 4.79 Å². The fourth-order valence-electron chi connectivity index (χ4n) is 1.99. The van der Waals surface area contributed by atoms with Gasteiger partial charge >= 0.3 is 5.97 Å². The SMILES string of the molecule is Cc1c(C(=O)O)cn(C)c1-c1ccc(Cl)cc1. The van der Waals surface area contributed by atoms with E-state index in [9.17, 15) is 4.79 Å². The Kier molecular flexibility index (Phi) is 2.94. The molecule has 1 aromatic carbocycles. The van der Waals surface area contributed by atoms with Crippen molar-refractivity contribution in [2.45, 2.75) is 6.92 Å². The molecule has 0 fully saturated rings. The maximum absolute atomic E-state index is 11.0. The summed E-state index contributed by atoms with van der Waals surface area (Å²) in [6, 6.07) is 7.36. The minimum absolute atomic E-state index is 0.331. The molecule has 2 rings (SSSR count). The molecule has 0 radical (unpaired) electrons. The summed E-state index contributed by atoms with van der Waals surface area (Å²) in [5, 5.41) is 9.73. The van der Waals surface area contributed by atoms with E-state index in [4.69, 9.17) is 16.7 Å². The molecule has 1 N–H and O–H groups in total. The maximum Gasteiger partial charge on any atom is 0.337 e. The second-order valence-corrected chi connectivity index (χ2v) is 4.38. The molecule has 88 valence electrons. The van der Waals surface area contributed by atoms with Gasteiger partial charge in [0.25, 0.3) is 0 Å².